The lowest BCUT2D eigenvalue weighted by Crippen LogP contribution is -2.34. The minimum absolute atomic E-state index is 0.0484. The van der Waals surface area contributed by atoms with Gasteiger partial charge in [0.2, 0.25) is 0 Å². The minimum atomic E-state index is -2.84. The maximum atomic E-state index is 13.5. The van der Waals surface area contributed by atoms with Crippen LogP contribution in [-0.4, -0.2) is 33.2 Å². The number of fused-ring (bicyclic) bond motifs is 1. The van der Waals surface area contributed by atoms with Crippen LogP contribution in [-0.2, 0) is 11.2 Å². The van der Waals surface area contributed by atoms with Crippen LogP contribution in [0.15, 0.2) is 36.8 Å². The first kappa shape index (κ1) is 18.7. The predicted octanol–water partition coefficient (Wildman–Crippen LogP) is 2.04. The molecule has 1 aliphatic rings. The van der Waals surface area contributed by atoms with Crippen molar-refractivity contribution in [2.24, 2.45) is 5.73 Å². The van der Waals surface area contributed by atoms with Crippen molar-refractivity contribution >= 4 is 17.2 Å². The van der Waals surface area contributed by atoms with Gasteiger partial charge in [0.1, 0.15) is 11.4 Å². The highest BCUT2D eigenvalue weighted by Crippen LogP contribution is 2.41. The smallest absolute Gasteiger partial charge is 0.265 e. The first-order chi connectivity index (χ1) is 12.9. The molecule has 0 saturated heterocycles. The Morgan fingerprint density at radius 1 is 1.44 bits per heavy atom. The van der Waals surface area contributed by atoms with Gasteiger partial charge in [-0.25, -0.2) is 18.7 Å². The molecule has 4 N–H and O–H groups in total. The molecule has 0 unspecified atom stereocenters. The largest absolute Gasteiger partial charge is 0.485 e. The zero-order chi connectivity index (χ0) is 19.6. The SMILES string of the molecule is C[C@@]1(CO)Cc2cc(NC(=O)C(=CN)c3ncccn3)c(C(F)F)cc2O1. The Balaban J connectivity index is 1.93. The summed E-state index contributed by atoms with van der Waals surface area (Å²) >= 11 is 0. The Labute approximate surface area is 153 Å². The van der Waals surface area contributed by atoms with Crippen molar-refractivity contribution in [2.45, 2.75) is 25.4 Å². The molecule has 3 rings (SSSR count). The molecule has 9 heteroatoms. The summed E-state index contributed by atoms with van der Waals surface area (Å²) in [5.41, 5.74) is 4.73. The fourth-order valence-corrected chi connectivity index (χ4v) is 2.83. The Morgan fingerprint density at radius 3 is 2.74 bits per heavy atom. The fourth-order valence-electron chi connectivity index (χ4n) is 2.83. The molecule has 0 spiro atoms. The van der Waals surface area contributed by atoms with Gasteiger partial charge in [-0.05, 0) is 25.1 Å². The van der Waals surface area contributed by atoms with Gasteiger partial charge in [0.05, 0.1) is 17.9 Å². The molecule has 0 saturated carbocycles. The molecule has 0 bridgehead atoms. The number of carbonyl (C=O) groups is 1. The van der Waals surface area contributed by atoms with Crippen molar-refractivity contribution in [3.63, 3.8) is 0 Å². The third-order valence-corrected chi connectivity index (χ3v) is 4.19. The van der Waals surface area contributed by atoms with Crippen molar-refractivity contribution in [2.75, 3.05) is 11.9 Å². The monoisotopic (exact) mass is 376 g/mol. The zero-order valence-electron chi connectivity index (χ0n) is 14.4. The van der Waals surface area contributed by atoms with Crippen LogP contribution in [0.2, 0.25) is 0 Å². The quantitative estimate of drug-likeness (QED) is 0.689. The third-order valence-electron chi connectivity index (χ3n) is 4.19. The van der Waals surface area contributed by atoms with E-state index in [2.05, 4.69) is 15.3 Å². The van der Waals surface area contributed by atoms with Gasteiger partial charge in [0, 0.05) is 36.1 Å². The number of nitrogens with zero attached hydrogens (tertiary/aromatic N) is 2. The van der Waals surface area contributed by atoms with Crippen LogP contribution in [0, 0.1) is 0 Å². The van der Waals surface area contributed by atoms with E-state index in [1.165, 1.54) is 24.5 Å². The zero-order valence-corrected chi connectivity index (χ0v) is 14.4. The first-order valence-electron chi connectivity index (χ1n) is 8.12. The number of aliphatic hydroxyl groups excluding tert-OH is 1. The molecular formula is C18H18F2N4O3. The number of ether oxygens (including phenoxy) is 1. The van der Waals surface area contributed by atoms with Crippen molar-refractivity contribution in [3.05, 3.63) is 53.7 Å². The molecule has 7 nitrogen and oxygen atoms in total. The van der Waals surface area contributed by atoms with Gasteiger partial charge in [-0.2, -0.15) is 0 Å². The second kappa shape index (κ2) is 7.28. The lowest BCUT2D eigenvalue weighted by Gasteiger charge is -2.20. The third kappa shape index (κ3) is 3.72. The molecule has 1 amide bonds. The number of alkyl halides is 2. The molecule has 27 heavy (non-hydrogen) atoms. The second-order valence-corrected chi connectivity index (χ2v) is 6.34. The topological polar surface area (TPSA) is 110 Å². The van der Waals surface area contributed by atoms with E-state index in [0.29, 0.717) is 12.0 Å². The molecule has 1 aromatic carbocycles. The van der Waals surface area contributed by atoms with Crippen molar-refractivity contribution in [1.29, 1.82) is 0 Å². The van der Waals surface area contributed by atoms with E-state index in [4.69, 9.17) is 10.5 Å². The lowest BCUT2D eigenvalue weighted by molar-refractivity contribution is -0.111. The summed E-state index contributed by atoms with van der Waals surface area (Å²) < 4.78 is 32.6. The summed E-state index contributed by atoms with van der Waals surface area (Å²) in [5, 5.41) is 11.9. The number of carbonyl (C=O) groups excluding carboxylic acids is 1. The van der Waals surface area contributed by atoms with Crippen LogP contribution in [0.5, 0.6) is 5.75 Å². The van der Waals surface area contributed by atoms with Crippen molar-refractivity contribution in [1.82, 2.24) is 9.97 Å². The van der Waals surface area contributed by atoms with Gasteiger partial charge in [0.15, 0.2) is 5.82 Å². The number of aliphatic hydroxyl groups is 1. The van der Waals surface area contributed by atoms with E-state index in [-0.39, 0.29) is 29.4 Å². The number of hydrogen-bond acceptors (Lipinski definition) is 6. The summed E-state index contributed by atoms with van der Waals surface area (Å²) in [5.74, 6) is -0.372. The Bertz CT molecular complexity index is 890. The Kier molecular flexibility index (Phi) is 5.04. The van der Waals surface area contributed by atoms with Crippen LogP contribution < -0.4 is 15.8 Å². The van der Waals surface area contributed by atoms with Crippen LogP contribution in [0.3, 0.4) is 0 Å². The number of amides is 1. The number of benzene rings is 1. The normalized spacial score (nSPS) is 18.9. The molecule has 1 atom stereocenters. The van der Waals surface area contributed by atoms with Gasteiger partial charge < -0.3 is 20.9 Å². The number of nitrogens with two attached hydrogens (primary N) is 1. The second-order valence-electron chi connectivity index (χ2n) is 6.34. The van der Waals surface area contributed by atoms with Crippen molar-refractivity contribution < 1.29 is 23.4 Å². The van der Waals surface area contributed by atoms with Gasteiger partial charge in [-0.3, -0.25) is 4.79 Å². The first-order valence-corrected chi connectivity index (χ1v) is 8.12. The van der Waals surface area contributed by atoms with E-state index in [9.17, 15) is 18.7 Å². The highest BCUT2D eigenvalue weighted by molar-refractivity contribution is 6.24. The number of aromatic nitrogens is 2. The van der Waals surface area contributed by atoms with Crippen LogP contribution in [0.4, 0.5) is 14.5 Å². The summed E-state index contributed by atoms with van der Waals surface area (Å²) in [6.45, 7) is 1.41. The summed E-state index contributed by atoms with van der Waals surface area (Å²) in [4.78, 5) is 20.4. The molecule has 1 aliphatic heterocycles. The molecular weight excluding hydrogens is 358 g/mol. The van der Waals surface area contributed by atoms with E-state index >= 15 is 0 Å². The van der Waals surface area contributed by atoms with Gasteiger partial charge in [0.25, 0.3) is 12.3 Å². The number of anilines is 1. The van der Waals surface area contributed by atoms with E-state index < -0.39 is 23.5 Å². The Hall–Kier alpha value is -3.07. The van der Waals surface area contributed by atoms with E-state index in [1.54, 1.807) is 13.0 Å². The molecule has 0 radical (unpaired) electrons. The standard InChI is InChI=1S/C18H18F2N4O3/c1-18(9-25)7-10-5-13(11(15(19)20)6-14(10)27-18)24-17(26)12(8-21)16-22-3-2-4-23-16/h2-6,8,15,25H,7,9,21H2,1H3,(H,24,26)/t18-/m0/s1. The maximum absolute atomic E-state index is 13.5. The summed E-state index contributed by atoms with van der Waals surface area (Å²) in [6.07, 6.45) is 1.38. The molecule has 2 aromatic rings. The molecule has 0 aliphatic carbocycles. The average molecular weight is 376 g/mol. The minimum Gasteiger partial charge on any atom is -0.485 e. The predicted molar refractivity (Wildman–Crippen MR) is 94.0 cm³/mol. The van der Waals surface area contributed by atoms with Gasteiger partial charge >= 0.3 is 0 Å². The summed E-state index contributed by atoms with van der Waals surface area (Å²) in [6, 6.07) is 4.18. The molecule has 1 aromatic heterocycles. The summed E-state index contributed by atoms with van der Waals surface area (Å²) in [7, 11) is 0. The van der Waals surface area contributed by atoms with E-state index in [1.807, 2.05) is 0 Å². The van der Waals surface area contributed by atoms with Gasteiger partial charge in [-0.1, -0.05) is 0 Å². The Morgan fingerprint density at radius 2 is 2.15 bits per heavy atom. The lowest BCUT2D eigenvalue weighted by atomic mass is 9.98. The van der Waals surface area contributed by atoms with Gasteiger partial charge in [-0.15, -0.1) is 0 Å². The highest BCUT2D eigenvalue weighted by atomic mass is 19.3. The number of rotatable bonds is 5. The molecule has 2 heterocycles. The molecule has 0 fully saturated rings. The number of nitrogens with one attached hydrogen (secondary N) is 1. The van der Waals surface area contributed by atoms with Crippen LogP contribution in [0.1, 0.15) is 30.3 Å². The van der Waals surface area contributed by atoms with Crippen LogP contribution >= 0.6 is 0 Å². The van der Waals surface area contributed by atoms with Crippen LogP contribution in [0.25, 0.3) is 5.57 Å². The maximum Gasteiger partial charge on any atom is 0.265 e. The molecule has 142 valence electrons. The highest BCUT2D eigenvalue weighted by Gasteiger charge is 2.36. The number of halogens is 2. The van der Waals surface area contributed by atoms with E-state index in [0.717, 1.165) is 6.20 Å². The fraction of sp³-hybridized carbons (Fsp3) is 0.278. The average Bonchev–Trinajstić information content (AvgIpc) is 2.98. The van der Waals surface area contributed by atoms with Crippen molar-refractivity contribution in [3.8, 4) is 5.75 Å². The number of hydrogen-bond donors (Lipinski definition) is 3.